The van der Waals surface area contributed by atoms with Crippen LogP contribution < -0.4 is 5.32 Å². The second kappa shape index (κ2) is 5.24. The second-order valence-corrected chi connectivity index (χ2v) is 5.52. The number of nitrogens with one attached hydrogen (secondary N) is 2. The number of hydrogen-bond donors (Lipinski definition) is 2. The number of H-pyrrole nitrogens is 1. The van der Waals surface area contributed by atoms with Crippen LogP contribution in [0.3, 0.4) is 0 Å². The van der Waals surface area contributed by atoms with Gasteiger partial charge in [-0.25, -0.2) is 4.98 Å². The quantitative estimate of drug-likeness (QED) is 0.610. The Morgan fingerprint density at radius 1 is 1.35 bits per heavy atom. The number of benzene rings is 1. The summed E-state index contributed by atoms with van der Waals surface area (Å²) in [4.78, 5) is 16.9. The molecule has 6 nitrogen and oxygen atoms in total. The van der Waals surface area contributed by atoms with Gasteiger partial charge in [-0.1, -0.05) is 6.07 Å². The first-order valence-electron chi connectivity index (χ1n) is 7.35. The van der Waals surface area contributed by atoms with Gasteiger partial charge in [0.15, 0.2) is 0 Å². The molecule has 0 fully saturated rings. The molecule has 0 spiro atoms. The van der Waals surface area contributed by atoms with E-state index in [0.29, 0.717) is 12.1 Å². The minimum Gasteiger partial charge on any atom is -0.346 e. The van der Waals surface area contributed by atoms with E-state index < -0.39 is 0 Å². The van der Waals surface area contributed by atoms with Gasteiger partial charge < -0.3 is 9.72 Å². The average molecular weight is 305 g/mol. The van der Waals surface area contributed by atoms with Crippen LogP contribution in [0, 0.1) is 6.92 Å². The minimum absolute atomic E-state index is 0.134. The van der Waals surface area contributed by atoms with Crippen LogP contribution in [0.5, 0.6) is 0 Å². The van der Waals surface area contributed by atoms with Crippen LogP contribution in [-0.4, -0.2) is 25.5 Å². The van der Waals surface area contributed by atoms with E-state index in [2.05, 4.69) is 20.5 Å². The van der Waals surface area contributed by atoms with Crippen molar-refractivity contribution in [1.29, 1.82) is 0 Å². The van der Waals surface area contributed by atoms with Crippen molar-refractivity contribution in [3.63, 3.8) is 0 Å². The Bertz CT molecular complexity index is 1010. The zero-order valence-corrected chi connectivity index (χ0v) is 12.6. The Morgan fingerprint density at radius 3 is 3.17 bits per heavy atom. The summed E-state index contributed by atoms with van der Waals surface area (Å²) in [6, 6.07) is 9.56. The monoisotopic (exact) mass is 305 g/mol. The highest BCUT2D eigenvalue weighted by Crippen LogP contribution is 2.16. The van der Waals surface area contributed by atoms with Crippen molar-refractivity contribution in [3.05, 3.63) is 65.7 Å². The maximum atomic E-state index is 12.4. The fourth-order valence-corrected chi connectivity index (χ4v) is 2.65. The molecule has 0 aliphatic rings. The number of aromatic nitrogens is 4. The number of carbonyl (C=O) groups excluding carboxylic acids is 1. The van der Waals surface area contributed by atoms with Crippen LogP contribution in [0.4, 0.5) is 0 Å². The maximum absolute atomic E-state index is 12.4. The SMILES string of the molecule is Cc1ccn2cc(CNC(=O)c3cccc4[nH]ncc34)nc2c1. The number of amides is 1. The van der Waals surface area contributed by atoms with E-state index in [9.17, 15) is 4.79 Å². The maximum Gasteiger partial charge on any atom is 0.252 e. The van der Waals surface area contributed by atoms with E-state index >= 15 is 0 Å². The van der Waals surface area contributed by atoms with Gasteiger partial charge >= 0.3 is 0 Å². The van der Waals surface area contributed by atoms with E-state index in [0.717, 1.165) is 27.8 Å². The Labute approximate surface area is 132 Å². The predicted molar refractivity (Wildman–Crippen MR) is 87.2 cm³/mol. The number of hydrogen-bond acceptors (Lipinski definition) is 3. The second-order valence-electron chi connectivity index (χ2n) is 5.52. The zero-order chi connectivity index (χ0) is 15.8. The number of carbonyl (C=O) groups is 1. The van der Waals surface area contributed by atoms with Crippen molar-refractivity contribution in [1.82, 2.24) is 24.9 Å². The molecule has 3 aromatic heterocycles. The highest BCUT2D eigenvalue weighted by molar-refractivity contribution is 6.05. The minimum atomic E-state index is -0.134. The van der Waals surface area contributed by atoms with Crippen LogP contribution in [0.25, 0.3) is 16.6 Å². The van der Waals surface area contributed by atoms with Gasteiger partial charge in [-0.15, -0.1) is 0 Å². The van der Waals surface area contributed by atoms with Gasteiger partial charge in [0.25, 0.3) is 5.91 Å². The fourth-order valence-electron chi connectivity index (χ4n) is 2.65. The molecule has 4 aromatic rings. The summed E-state index contributed by atoms with van der Waals surface area (Å²) in [5.74, 6) is -0.134. The summed E-state index contributed by atoms with van der Waals surface area (Å²) in [6.45, 7) is 2.41. The molecule has 3 heterocycles. The third-order valence-electron chi connectivity index (χ3n) is 3.83. The van der Waals surface area contributed by atoms with Gasteiger partial charge in [0, 0.05) is 17.8 Å². The Hall–Kier alpha value is -3.15. The fraction of sp³-hybridized carbons (Fsp3) is 0.118. The molecule has 1 amide bonds. The molecule has 23 heavy (non-hydrogen) atoms. The number of fused-ring (bicyclic) bond motifs is 2. The van der Waals surface area contributed by atoms with Crippen LogP contribution in [0.1, 0.15) is 21.6 Å². The normalized spacial score (nSPS) is 11.2. The molecule has 0 saturated heterocycles. The third-order valence-corrected chi connectivity index (χ3v) is 3.83. The number of rotatable bonds is 3. The van der Waals surface area contributed by atoms with E-state index in [-0.39, 0.29) is 5.91 Å². The Morgan fingerprint density at radius 2 is 2.26 bits per heavy atom. The zero-order valence-electron chi connectivity index (χ0n) is 12.6. The molecule has 2 N–H and O–H groups in total. The van der Waals surface area contributed by atoms with Gasteiger partial charge in [-0.2, -0.15) is 5.10 Å². The van der Waals surface area contributed by atoms with Crippen molar-refractivity contribution in [2.45, 2.75) is 13.5 Å². The van der Waals surface area contributed by atoms with E-state index in [4.69, 9.17) is 0 Å². The molecule has 0 saturated carbocycles. The van der Waals surface area contributed by atoms with Crippen molar-refractivity contribution in [3.8, 4) is 0 Å². The van der Waals surface area contributed by atoms with Crippen LogP contribution >= 0.6 is 0 Å². The summed E-state index contributed by atoms with van der Waals surface area (Å²) in [5.41, 5.74) is 4.32. The van der Waals surface area contributed by atoms with E-state index in [1.54, 1.807) is 12.3 Å². The molecule has 4 rings (SSSR count). The predicted octanol–water partition coefficient (Wildman–Crippen LogP) is 2.45. The largest absolute Gasteiger partial charge is 0.346 e. The van der Waals surface area contributed by atoms with Gasteiger partial charge in [-0.05, 0) is 36.8 Å². The summed E-state index contributed by atoms with van der Waals surface area (Å²) < 4.78 is 1.95. The summed E-state index contributed by atoms with van der Waals surface area (Å²) in [7, 11) is 0. The van der Waals surface area contributed by atoms with Crippen molar-refractivity contribution in [2.24, 2.45) is 0 Å². The lowest BCUT2D eigenvalue weighted by atomic mass is 10.1. The van der Waals surface area contributed by atoms with Crippen molar-refractivity contribution in [2.75, 3.05) is 0 Å². The highest BCUT2D eigenvalue weighted by Gasteiger charge is 2.11. The summed E-state index contributed by atoms with van der Waals surface area (Å²) >= 11 is 0. The lowest BCUT2D eigenvalue weighted by Gasteiger charge is -2.04. The molecule has 0 aliphatic carbocycles. The first kappa shape index (κ1) is 13.5. The summed E-state index contributed by atoms with van der Waals surface area (Å²) in [5, 5.41) is 10.6. The Balaban J connectivity index is 1.55. The first-order chi connectivity index (χ1) is 11.2. The molecular weight excluding hydrogens is 290 g/mol. The molecule has 0 radical (unpaired) electrons. The van der Waals surface area contributed by atoms with E-state index in [1.807, 2.05) is 48.0 Å². The van der Waals surface area contributed by atoms with Crippen molar-refractivity contribution < 1.29 is 4.79 Å². The molecule has 114 valence electrons. The molecular formula is C17H15N5O. The van der Waals surface area contributed by atoms with Gasteiger partial charge in [0.1, 0.15) is 5.65 Å². The summed E-state index contributed by atoms with van der Waals surface area (Å²) in [6.07, 6.45) is 5.56. The molecule has 0 aliphatic heterocycles. The number of nitrogens with zero attached hydrogens (tertiary/aromatic N) is 3. The van der Waals surface area contributed by atoms with E-state index in [1.165, 1.54) is 0 Å². The number of aryl methyl sites for hydroxylation is 1. The standard InChI is InChI=1S/C17H15N5O/c1-11-5-6-22-10-12(20-16(22)7-11)8-18-17(23)13-3-2-4-15-14(13)9-19-21-15/h2-7,9-10H,8H2,1H3,(H,18,23)(H,19,21). The smallest absolute Gasteiger partial charge is 0.252 e. The molecule has 6 heteroatoms. The lowest BCUT2D eigenvalue weighted by molar-refractivity contribution is 0.0952. The van der Waals surface area contributed by atoms with Gasteiger partial charge in [0.2, 0.25) is 0 Å². The third kappa shape index (κ3) is 2.44. The Kier molecular flexibility index (Phi) is 3.08. The average Bonchev–Trinajstić information content (AvgIpc) is 3.17. The van der Waals surface area contributed by atoms with Crippen LogP contribution in [0.2, 0.25) is 0 Å². The molecule has 1 aromatic carbocycles. The van der Waals surface area contributed by atoms with Gasteiger partial charge in [-0.3, -0.25) is 9.89 Å². The molecule has 0 unspecified atom stereocenters. The number of aromatic amines is 1. The van der Waals surface area contributed by atoms with Crippen molar-refractivity contribution >= 4 is 22.5 Å². The van der Waals surface area contributed by atoms with Crippen LogP contribution in [-0.2, 0) is 6.54 Å². The van der Waals surface area contributed by atoms with Gasteiger partial charge in [0.05, 0.1) is 29.5 Å². The topological polar surface area (TPSA) is 75.1 Å². The van der Waals surface area contributed by atoms with Crippen LogP contribution in [0.15, 0.2) is 48.9 Å². The number of imidazole rings is 1. The molecule has 0 atom stereocenters. The highest BCUT2D eigenvalue weighted by atomic mass is 16.1. The number of pyridine rings is 1. The molecule has 0 bridgehead atoms. The first-order valence-corrected chi connectivity index (χ1v) is 7.35. The lowest BCUT2D eigenvalue weighted by Crippen LogP contribution is -2.23.